The number of nitrogens with one attached hydrogen (secondary N) is 2. The highest BCUT2D eigenvalue weighted by molar-refractivity contribution is 5.96. The Bertz CT molecular complexity index is 1420. The number of hydrogen-bond acceptors (Lipinski definition) is 5. The summed E-state index contributed by atoms with van der Waals surface area (Å²) in [4.78, 5) is 13.2. The van der Waals surface area contributed by atoms with E-state index in [9.17, 15) is 13.2 Å². The Hall–Kier alpha value is -4.01. The fraction of sp³-hybridized carbons (Fsp3) is 0.0909. The molecule has 0 saturated heterocycles. The number of anilines is 2. The van der Waals surface area contributed by atoms with E-state index in [0.717, 1.165) is 17.1 Å². The van der Waals surface area contributed by atoms with Crippen molar-refractivity contribution in [3.63, 3.8) is 0 Å². The first kappa shape index (κ1) is 19.0. The van der Waals surface area contributed by atoms with Crippen molar-refractivity contribution in [2.24, 2.45) is 0 Å². The van der Waals surface area contributed by atoms with Crippen LogP contribution < -0.4 is 5.32 Å². The van der Waals surface area contributed by atoms with Gasteiger partial charge in [0.05, 0.1) is 16.5 Å². The van der Waals surface area contributed by atoms with E-state index >= 15 is 0 Å². The van der Waals surface area contributed by atoms with Crippen molar-refractivity contribution in [1.82, 2.24) is 25.1 Å². The molecule has 2 aromatic carbocycles. The Kier molecular flexibility index (Phi) is 4.32. The maximum atomic E-state index is 13.6. The highest BCUT2D eigenvalue weighted by Gasteiger charge is 2.34. The van der Waals surface area contributed by atoms with Gasteiger partial charge in [-0.15, -0.1) is 0 Å². The standard InChI is InChI=1S/C22H15F3N6/c1-12-10-11-15-20(26-12)30-31-21(15)29-19-14-7-3-5-9-17(14)27-18(28-19)13-6-2-4-8-16(13)22(23,24)25/h2-11H,1H3,(H2,26,27,28,29,30,31). The van der Waals surface area contributed by atoms with Crippen LogP contribution in [0.5, 0.6) is 0 Å². The Morgan fingerprint density at radius 2 is 1.58 bits per heavy atom. The number of rotatable bonds is 3. The number of pyridine rings is 1. The number of alkyl halides is 3. The summed E-state index contributed by atoms with van der Waals surface area (Å²) in [6.07, 6.45) is -4.53. The van der Waals surface area contributed by atoms with Gasteiger partial charge in [-0.3, -0.25) is 5.10 Å². The van der Waals surface area contributed by atoms with E-state index in [1.165, 1.54) is 18.2 Å². The fourth-order valence-corrected chi connectivity index (χ4v) is 3.43. The molecule has 6 nitrogen and oxygen atoms in total. The van der Waals surface area contributed by atoms with Crippen molar-refractivity contribution in [3.05, 3.63) is 71.9 Å². The molecule has 0 aliphatic rings. The maximum Gasteiger partial charge on any atom is 0.417 e. The van der Waals surface area contributed by atoms with E-state index < -0.39 is 11.7 Å². The summed E-state index contributed by atoms with van der Waals surface area (Å²) in [5, 5.41) is 11.7. The summed E-state index contributed by atoms with van der Waals surface area (Å²) in [5.41, 5.74) is 1.07. The molecule has 2 N–H and O–H groups in total. The zero-order valence-corrected chi connectivity index (χ0v) is 16.2. The minimum absolute atomic E-state index is 0.0251. The molecule has 0 saturated carbocycles. The first-order valence-corrected chi connectivity index (χ1v) is 9.42. The number of benzene rings is 2. The lowest BCUT2D eigenvalue weighted by Crippen LogP contribution is -2.08. The molecular formula is C22H15F3N6. The molecule has 5 aromatic rings. The smallest absolute Gasteiger partial charge is 0.322 e. The molecule has 0 aliphatic carbocycles. The second-order valence-electron chi connectivity index (χ2n) is 7.00. The van der Waals surface area contributed by atoms with Gasteiger partial charge < -0.3 is 5.32 Å². The molecule has 0 atom stereocenters. The molecule has 5 rings (SSSR count). The predicted octanol–water partition coefficient (Wildman–Crippen LogP) is 5.64. The minimum Gasteiger partial charge on any atom is -0.322 e. The van der Waals surface area contributed by atoms with Gasteiger partial charge in [-0.2, -0.15) is 18.3 Å². The van der Waals surface area contributed by atoms with Crippen LogP contribution in [0.15, 0.2) is 60.7 Å². The monoisotopic (exact) mass is 420 g/mol. The van der Waals surface area contributed by atoms with Crippen molar-refractivity contribution in [3.8, 4) is 11.4 Å². The number of aromatic amines is 1. The van der Waals surface area contributed by atoms with Crippen molar-refractivity contribution >= 4 is 33.6 Å². The number of nitrogens with zero attached hydrogens (tertiary/aromatic N) is 4. The fourth-order valence-electron chi connectivity index (χ4n) is 3.43. The molecule has 0 fully saturated rings. The number of para-hydroxylation sites is 1. The minimum atomic E-state index is -4.53. The maximum absolute atomic E-state index is 13.6. The highest BCUT2D eigenvalue weighted by Crippen LogP contribution is 2.37. The Morgan fingerprint density at radius 3 is 2.42 bits per heavy atom. The van der Waals surface area contributed by atoms with Crippen LogP contribution in [0.4, 0.5) is 24.8 Å². The van der Waals surface area contributed by atoms with Crippen molar-refractivity contribution in [2.75, 3.05) is 5.32 Å². The van der Waals surface area contributed by atoms with Gasteiger partial charge in [-0.25, -0.2) is 15.0 Å². The molecule has 0 radical (unpaired) electrons. The number of fused-ring (bicyclic) bond motifs is 2. The molecule has 3 heterocycles. The summed E-state index contributed by atoms with van der Waals surface area (Å²) in [6.45, 7) is 1.87. The summed E-state index contributed by atoms with van der Waals surface area (Å²) in [5.74, 6) is 0.802. The normalized spacial score (nSPS) is 11.9. The topological polar surface area (TPSA) is 79.4 Å². The first-order chi connectivity index (χ1) is 14.9. The zero-order valence-electron chi connectivity index (χ0n) is 16.2. The van der Waals surface area contributed by atoms with Crippen LogP contribution in [-0.2, 0) is 6.18 Å². The Labute approximate surface area is 174 Å². The van der Waals surface area contributed by atoms with E-state index in [0.29, 0.717) is 28.2 Å². The highest BCUT2D eigenvalue weighted by atomic mass is 19.4. The largest absolute Gasteiger partial charge is 0.417 e. The number of aryl methyl sites for hydroxylation is 1. The second-order valence-corrected chi connectivity index (χ2v) is 7.00. The molecule has 0 spiro atoms. The molecule has 0 bridgehead atoms. The SMILES string of the molecule is Cc1ccc2c(Nc3nc(-c4ccccc4C(F)(F)F)nc4ccccc34)n[nH]c2n1. The van der Waals surface area contributed by atoms with Crippen molar-refractivity contribution in [2.45, 2.75) is 13.1 Å². The van der Waals surface area contributed by atoms with Crippen LogP contribution in [0.1, 0.15) is 11.3 Å². The van der Waals surface area contributed by atoms with E-state index in [1.807, 2.05) is 25.1 Å². The van der Waals surface area contributed by atoms with Gasteiger partial charge in [0.25, 0.3) is 0 Å². The van der Waals surface area contributed by atoms with Crippen LogP contribution >= 0.6 is 0 Å². The van der Waals surface area contributed by atoms with Crippen LogP contribution in [0.3, 0.4) is 0 Å². The van der Waals surface area contributed by atoms with Gasteiger partial charge in [0.1, 0.15) is 5.82 Å². The number of halogens is 3. The van der Waals surface area contributed by atoms with Gasteiger partial charge in [0, 0.05) is 16.6 Å². The van der Waals surface area contributed by atoms with E-state index in [1.54, 1.807) is 18.2 Å². The van der Waals surface area contributed by atoms with Crippen LogP contribution in [0.2, 0.25) is 0 Å². The molecule has 0 aliphatic heterocycles. The Morgan fingerprint density at radius 1 is 0.806 bits per heavy atom. The van der Waals surface area contributed by atoms with Crippen molar-refractivity contribution in [1.29, 1.82) is 0 Å². The summed E-state index contributed by atoms with van der Waals surface area (Å²) >= 11 is 0. The number of H-pyrrole nitrogens is 1. The first-order valence-electron chi connectivity index (χ1n) is 9.42. The second kappa shape index (κ2) is 7.05. The molecule has 154 valence electrons. The van der Waals surface area contributed by atoms with Crippen LogP contribution in [0, 0.1) is 6.92 Å². The average Bonchev–Trinajstić information content (AvgIpc) is 3.14. The van der Waals surface area contributed by atoms with E-state index in [-0.39, 0.29) is 11.4 Å². The third-order valence-electron chi connectivity index (χ3n) is 4.88. The zero-order chi connectivity index (χ0) is 21.6. The van der Waals surface area contributed by atoms with Gasteiger partial charge in [-0.1, -0.05) is 30.3 Å². The van der Waals surface area contributed by atoms with Crippen LogP contribution in [-0.4, -0.2) is 25.1 Å². The van der Waals surface area contributed by atoms with Crippen molar-refractivity contribution < 1.29 is 13.2 Å². The lowest BCUT2D eigenvalue weighted by molar-refractivity contribution is -0.137. The third-order valence-corrected chi connectivity index (χ3v) is 4.88. The number of aromatic nitrogens is 5. The lowest BCUT2D eigenvalue weighted by atomic mass is 10.1. The Balaban J connectivity index is 1.69. The molecular weight excluding hydrogens is 405 g/mol. The van der Waals surface area contributed by atoms with Gasteiger partial charge >= 0.3 is 6.18 Å². The molecule has 0 unspecified atom stereocenters. The quantitative estimate of drug-likeness (QED) is 0.395. The predicted molar refractivity (Wildman–Crippen MR) is 112 cm³/mol. The number of hydrogen-bond donors (Lipinski definition) is 2. The third kappa shape index (κ3) is 3.43. The average molecular weight is 420 g/mol. The lowest BCUT2D eigenvalue weighted by Gasteiger charge is -2.14. The molecule has 9 heteroatoms. The molecule has 0 amide bonds. The van der Waals surface area contributed by atoms with Gasteiger partial charge in [0.2, 0.25) is 0 Å². The van der Waals surface area contributed by atoms with E-state index in [4.69, 9.17) is 0 Å². The van der Waals surface area contributed by atoms with Gasteiger partial charge in [-0.05, 0) is 37.3 Å². The van der Waals surface area contributed by atoms with E-state index in [2.05, 4.69) is 30.5 Å². The summed E-state index contributed by atoms with van der Waals surface area (Å²) < 4.78 is 40.7. The van der Waals surface area contributed by atoms with Crippen LogP contribution in [0.25, 0.3) is 33.3 Å². The van der Waals surface area contributed by atoms with Gasteiger partial charge in [0.15, 0.2) is 17.3 Å². The summed E-state index contributed by atoms with van der Waals surface area (Å²) in [6, 6.07) is 16.1. The molecule has 3 aromatic heterocycles. The molecule has 31 heavy (non-hydrogen) atoms. The summed E-state index contributed by atoms with van der Waals surface area (Å²) in [7, 11) is 0.